The fraction of sp³-hybridized carbons (Fsp3) is 0.414. The summed E-state index contributed by atoms with van der Waals surface area (Å²) in [6.45, 7) is 10.3. The molecule has 3 N–H and O–H groups in total. The second-order valence-corrected chi connectivity index (χ2v) is 14.3. The van der Waals surface area contributed by atoms with Crippen molar-refractivity contribution >= 4 is 34.7 Å². The number of allylic oxidation sites excluding steroid dienone is 3. The van der Waals surface area contributed by atoms with Gasteiger partial charge in [0.1, 0.15) is 0 Å². The number of aromatic nitrogens is 4. The highest BCUT2D eigenvalue weighted by Crippen LogP contribution is 2.54. The van der Waals surface area contributed by atoms with Crippen LogP contribution in [0.5, 0.6) is 5.88 Å². The Morgan fingerprint density at radius 3 is 2.85 bits per heavy atom. The van der Waals surface area contributed by atoms with Gasteiger partial charge in [0, 0.05) is 88.4 Å². The Balaban J connectivity index is 1.14. The molecule has 0 unspecified atom stereocenters. The van der Waals surface area contributed by atoms with Crippen molar-refractivity contribution in [3.05, 3.63) is 72.0 Å². The van der Waals surface area contributed by atoms with Gasteiger partial charge in [-0.3, -0.25) is 4.40 Å². The van der Waals surface area contributed by atoms with E-state index >= 15 is 0 Å². The van der Waals surface area contributed by atoms with Crippen LogP contribution in [0.1, 0.15) is 38.7 Å². The molecular formula is C29H33N7O2S2. The van der Waals surface area contributed by atoms with E-state index in [2.05, 4.69) is 25.6 Å². The summed E-state index contributed by atoms with van der Waals surface area (Å²) in [4.78, 5) is 18.5. The molecule has 6 heterocycles. The maximum Gasteiger partial charge on any atom is 0.217 e. The quantitative estimate of drug-likeness (QED) is 0.446. The highest BCUT2D eigenvalue weighted by Gasteiger charge is 2.58. The van der Waals surface area contributed by atoms with E-state index in [1.807, 2.05) is 44.6 Å². The Kier molecular flexibility index (Phi) is 6.19. The lowest BCUT2D eigenvalue weighted by atomic mass is 9.71. The zero-order chi connectivity index (χ0) is 27.6. The smallest absolute Gasteiger partial charge is 0.217 e. The summed E-state index contributed by atoms with van der Waals surface area (Å²) in [6, 6.07) is 2.01. The molecular weight excluding hydrogens is 543 g/mol. The fourth-order valence-electron chi connectivity index (χ4n) is 6.75. The van der Waals surface area contributed by atoms with E-state index in [-0.39, 0.29) is 11.5 Å². The van der Waals surface area contributed by atoms with Crippen LogP contribution in [0.15, 0.2) is 76.2 Å². The molecule has 7 rings (SSSR count). The van der Waals surface area contributed by atoms with Gasteiger partial charge in [0.15, 0.2) is 10.4 Å². The van der Waals surface area contributed by atoms with Crippen LogP contribution in [0.3, 0.4) is 0 Å². The molecule has 2 fully saturated rings. The van der Waals surface area contributed by atoms with E-state index < -0.39 is 16.1 Å². The van der Waals surface area contributed by atoms with Crippen molar-refractivity contribution in [3.8, 4) is 5.88 Å². The molecule has 1 spiro atoms. The molecule has 3 aromatic rings. The molecule has 4 aliphatic rings. The van der Waals surface area contributed by atoms with Gasteiger partial charge in [0.25, 0.3) is 0 Å². The number of nitrogens with one attached hydrogen (secondary N) is 1. The van der Waals surface area contributed by atoms with Crippen molar-refractivity contribution in [1.29, 1.82) is 0 Å². The third-order valence-electron chi connectivity index (χ3n) is 8.90. The number of nitrogens with zero attached hydrogens (tertiary/aromatic N) is 5. The zero-order valence-electron chi connectivity index (χ0n) is 22.7. The first-order chi connectivity index (χ1) is 19.3. The number of piperidine rings is 1. The van der Waals surface area contributed by atoms with Crippen LogP contribution < -0.4 is 20.1 Å². The molecule has 3 aliphatic heterocycles. The van der Waals surface area contributed by atoms with Crippen LogP contribution in [0.4, 0.5) is 5.95 Å². The Labute approximate surface area is 241 Å². The summed E-state index contributed by atoms with van der Waals surface area (Å²) >= 11 is 0.440. The van der Waals surface area contributed by atoms with Crippen LogP contribution in [0.2, 0.25) is 0 Å². The molecule has 40 heavy (non-hydrogen) atoms. The molecule has 1 aliphatic carbocycles. The number of nitrogens with two attached hydrogens (primary N) is 1. The zero-order valence-corrected chi connectivity index (χ0v) is 24.4. The van der Waals surface area contributed by atoms with Crippen molar-refractivity contribution in [3.63, 3.8) is 0 Å². The van der Waals surface area contributed by atoms with Gasteiger partial charge in [0.2, 0.25) is 11.8 Å². The van der Waals surface area contributed by atoms with Crippen LogP contribution in [-0.4, -0.2) is 54.4 Å². The first-order valence-corrected chi connectivity index (χ1v) is 15.6. The highest BCUT2D eigenvalue weighted by atomic mass is 32.2. The van der Waals surface area contributed by atoms with Gasteiger partial charge in [-0.05, 0) is 39.2 Å². The van der Waals surface area contributed by atoms with Gasteiger partial charge in [-0.2, -0.15) is 0 Å². The van der Waals surface area contributed by atoms with Gasteiger partial charge in [-0.1, -0.05) is 30.5 Å². The lowest BCUT2D eigenvalue weighted by molar-refractivity contribution is 0.190. The number of pyridine rings is 1. The number of hydrogen-bond donors (Lipinski definition) is 2. The molecule has 3 aromatic heterocycles. The number of rotatable bonds is 4. The number of hydrogen-bond acceptors (Lipinski definition) is 9. The van der Waals surface area contributed by atoms with Crippen LogP contribution >= 0.6 is 11.8 Å². The Morgan fingerprint density at radius 1 is 1.23 bits per heavy atom. The van der Waals surface area contributed by atoms with Gasteiger partial charge in [-0.25, -0.2) is 15.0 Å². The van der Waals surface area contributed by atoms with Crippen molar-refractivity contribution in [1.82, 2.24) is 24.1 Å². The number of fused-ring (bicyclic) bond motifs is 4. The molecule has 2 atom stereocenters. The van der Waals surface area contributed by atoms with E-state index in [1.54, 1.807) is 24.0 Å². The Hall–Kier alpha value is -2.99. The summed E-state index contributed by atoms with van der Waals surface area (Å²) in [5.74, 6) is 1.62. The minimum Gasteiger partial charge on any atom is -0.597 e. The second kappa shape index (κ2) is 9.54. The Bertz CT molecular complexity index is 1570. The largest absolute Gasteiger partial charge is 0.597 e. The van der Waals surface area contributed by atoms with E-state index in [0.717, 1.165) is 88.4 Å². The molecule has 208 valence electrons. The van der Waals surface area contributed by atoms with Crippen LogP contribution in [0.25, 0.3) is 5.65 Å². The van der Waals surface area contributed by atoms with E-state index in [9.17, 15) is 4.55 Å². The average molecular weight is 576 g/mol. The normalized spacial score (nSPS) is 25.9. The molecule has 11 heteroatoms. The average Bonchev–Trinajstić information content (AvgIpc) is 3.67. The van der Waals surface area contributed by atoms with Gasteiger partial charge >= 0.3 is 0 Å². The highest BCUT2D eigenvalue weighted by molar-refractivity contribution is 7.99. The maximum atomic E-state index is 13.3. The monoisotopic (exact) mass is 575 g/mol. The minimum atomic E-state index is -1.22. The fourth-order valence-corrected chi connectivity index (χ4v) is 9.03. The summed E-state index contributed by atoms with van der Waals surface area (Å²) in [6.07, 6.45) is 14.8. The first kappa shape index (κ1) is 25.9. The van der Waals surface area contributed by atoms with Crippen molar-refractivity contribution in [2.45, 2.75) is 60.1 Å². The summed E-state index contributed by atoms with van der Waals surface area (Å²) in [7, 11) is 0. The molecule has 0 amide bonds. The Morgan fingerprint density at radius 2 is 2.05 bits per heavy atom. The van der Waals surface area contributed by atoms with Crippen molar-refractivity contribution in [2.24, 2.45) is 11.1 Å². The lowest BCUT2D eigenvalue weighted by Crippen LogP contribution is -2.59. The number of anilines is 1. The third-order valence-corrected chi connectivity index (χ3v) is 11.6. The molecule has 2 saturated heterocycles. The standard InChI is InChI=1S/C29H33N7O2S2/c1-4-5-19-23-20(30)16-29(24(23)34-40(37)28(19,2)3)8-12-35(13-9-29)27-33-17-22(25-31-11-14-36(25)27)39-21-6-10-32-26-18(21)7-15-38-26/h4-6,10-11,14,17,24,34H,1,7-9,12-13,15-16,30H2,2-3H3/b19-5+/t24-,40-/m1/s1. The van der Waals surface area contributed by atoms with Gasteiger partial charge in [0.05, 0.1) is 17.5 Å². The summed E-state index contributed by atoms with van der Waals surface area (Å²) in [5.41, 5.74) is 11.8. The molecule has 0 bridgehead atoms. The second-order valence-electron chi connectivity index (χ2n) is 11.4. The maximum absolute atomic E-state index is 13.3. The number of imidazole rings is 1. The lowest BCUT2D eigenvalue weighted by Gasteiger charge is -2.48. The van der Waals surface area contributed by atoms with Crippen LogP contribution in [-0.2, 0) is 17.8 Å². The van der Waals surface area contributed by atoms with E-state index in [1.165, 1.54) is 0 Å². The predicted molar refractivity (Wildman–Crippen MR) is 158 cm³/mol. The summed E-state index contributed by atoms with van der Waals surface area (Å²) < 4.78 is 24.0. The third kappa shape index (κ3) is 3.89. The molecule has 0 radical (unpaired) electrons. The van der Waals surface area contributed by atoms with Crippen LogP contribution in [0, 0.1) is 5.41 Å². The SMILES string of the molecule is C=C/C=C1\C2=C(N)CC3(CCN(c4ncc(Sc5ccnc6c5CCO6)c5nccn45)CC3)[C@@H]2N[S@+]([O-])C1(C)C. The van der Waals surface area contributed by atoms with Crippen molar-refractivity contribution in [2.75, 3.05) is 24.6 Å². The number of ether oxygens (including phenoxy) is 1. The topological polar surface area (TPSA) is 117 Å². The predicted octanol–water partition coefficient (Wildman–Crippen LogP) is 3.94. The first-order valence-electron chi connectivity index (χ1n) is 13.7. The van der Waals surface area contributed by atoms with Gasteiger partial charge in [-0.15, -0.1) is 4.72 Å². The van der Waals surface area contributed by atoms with E-state index in [0.29, 0.717) is 6.61 Å². The molecule has 9 nitrogen and oxygen atoms in total. The van der Waals surface area contributed by atoms with E-state index in [4.69, 9.17) is 20.4 Å². The molecule has 0 aromatic carbocycles. The molecule has 0 saturated carbocycles. The summed E-state index contributed by atoms with van der Waals surface area (Å²) in [5, 5.41) is 0. The van der Waals surface area contributed by atoms with Gasteiger partial charge < -0.3 is 19.9 Å². The van der Waals surface area contributed by atoms with Crippen molar-refractivity contribution < 1.29 is 9.29 Å². The minimum absolute atomic E-state index is 0.0271.